The van der Waals surface area contributed by atoms with E-state index in [0.717, 1.165) is 0 Å². The minimum absolute atomic E-state index is 0.0726. The van der Waals surface area contributed by atoms with E-state index < -0.39 is 0 Å². The van der Waals surface area contributed by atoms with Gasteiger partial charge in [-0.25, -0.2) is 19.6 Å². The normalized spacial score (nSPS) is 14.2. The zero-order chi connectivity index (χ0) is 19.3. The highest BCUT2D eigenvalue weighted by Gasteiger charge is 2.23. The third kappa shape index (κ3) is 4.05. The van der Waals surface area contributed by atoms with Crippen molar-refractivity contribution in [3.05, 3.63) is 48.8 Å². The van der Waals surface area contributed by atoms with Crippen LogP contribution in [0.3, 0.4) is 0 Å². The molecular weight excluding hydrogens is 360 g/mol. The van der Waals surface area contributed by atoms with Gasteiger partial charge in [0.15, 0.2) is 12.4 Å². The Kier molecular flexibility index (Phi) is 5.09. The third-order valence-electron chi connectivity index (χ3n) is 4.35. The Morgan fingerprint density at radius 2 is 1.86 bits per heavy atom. The third-order valence-corrected chi connectivity index (χ3v) is 4.35. The van der Waals surface area contributed by atoms with Crippen molar-refractivity contribution in [3.8, 4) is 11.7 Å². The van der Waals surface area contributed by atoms with Crippen LogP contribution in [0.25, 0.3) is 5.82 Å². The summed E-state index contributed by atoms with van der Waals surface area (Å²) in [4.78, 5) is 33.4. The molecule has 0 spiro atoms. The summed E-state index contributed by atoms with van der Waals surface area (Å²) in [6.45, 7) is 4.27. The molecule has 1 aliphatic rings. The summed E-state index contributed by atoms with van der Waals surface area (Å²) in [5, 5.41) is 4.15. The molecule has 1 amide bonds. The maximum atomic E-state index is 12.5. The Morgan fingerprint density at radius 3 is 2.57 bits per heavy atom. The highest BCUT2D eigenvalue weighted by Crippen LogP contribution is 2.13. The molecule has 0 saturated carbocycles. The first kappa shape index (κ1) is 17.8. The summed E-state index contributed by atoms with van der Waals surface area (Å²) in [5.41, 5.74) is 0. The number of carbonyl (C=O) groups is 1. The second kappa shape index (κ2) is 7.99. The fourth-order valence-electron chi connectivity index (χ4n) is 2.96. The van der Waals surface area contributed by atoms with Crippen LogP contribution in [0.1, 0.15) is 5.82 Å². The standard InChI is InChI=1S/C18H20N8O2/c1-14-22-15(26-7-3-6-21-26)12-16(23-14)28-13-17(27)24-8-10-25(11-9-24)18-19-4-2-5-20-18/h2-7,12H,8-11,13H2,1H3. The number of aryl methyl sites for hydroxylation is 1. The lowest BCUT2D eigenvalue weighted by atomic mass is 10.3. The molecule has 1 saturated heterocycles. The molecule has 1 aliphatic heterocycles. The summed E-state index contributed by atoms with van der Waals surface area (Å²) >= 11 is 0. The number of piperazine rings is 1. The van der Waals surface area contributed by atoms with Crippen LogP contribution in [0.2, 0.25) is 0 Å². The maximum Gasteiger partial charge on any atom is 0.260 e. The Labute approximate surface area is 161 Å². The minimum Gasteiger partial charge on any atom is -0.467 e. The molecular formula is C18H20N8O2. The van der Waals surface area contributed by atoms with Gasteiger partial charge in [-0.3, -0.25) is 4.79 Å². The molecule has 0 radical (unpaired) electrons. The molecule has 144 valence electrons. The zero-order valence-corrected chi connectivity index (χ0v) is 15.5. The number of ether oxygens (including phenoxy) is 1. The van der Waals surface area contributed by atoms with Crippen molar-refractivity contribution in [1.82, 2.24) is 34.6 Å². The van der Waals surface area contributed by atoms with Gasteiger partial charge in [0.25, 0.3) is 5.91 Å². The molecule has 1 fully saturated rings. The van der Waals surface area contributed by atoms with Crippen molar-refractivity contribution >= 4 is 11.9 Å². The quantitative estimate of drug-likeness (QED) is 0.630. The van der Waals surface area contributed by atoms with Gasteiger partial charge in [-0.2, -0.15) is 10.1 Å². The van der Waals surface area contributed by atoms with Crippen LogP contribution in [-0.2, 0) is 4.79 Å². The topological polar surface area (TPSA) is 102 Å². The van der Waals surface area contributed by atoms with Crippen LogP contribution < -0.4 is 9.64 Å². The number of nitrogens with zero attached hydrogens (tertiary/aromatic N) is 8. The Balaban J connectivity index is 1.33. The van der Waals surface area contributed by atoms with Crippen LogP contribution in [0.15, 0.2) is 43.0 Å². The molecule has 4 heterocycles. The molecule has 0 aromatic carbocycles. The first-order valence-electron chi connectivity index (χ1n) is 8.97. The number of rotatable bonds is 5. The van der Waals surface area contributed by atoms with Crippen LogP contribution in [-0.4, -0.2) is 73.3 Å². The molecule has 4 rings (SSSR count). The van der Waals surface area contributed by atoms with E-state index in [4.69, 9.17) is 4.74 Å². The van der Waals surface area contributed by atoms with Crippen molar-refractivity contribution in [1.29, 1.82) is 0 Å². The lowest BCUT2D eigenvalue weighted by Gasteiger charge is -2.34. The molecule has 28 heavy (non-hydrogen) atoms. The van der Waals surface area contributed by atoms with Gasteiger partial charge in [-0.1, -0.05) is 0 Å². The van der Waals surface area contributed by atoms with Gasteiger partial charge in [0.1, 0.15) is 5.82 Å². The van der Waals surface area contributed by atoms with Gasteiger partial charge in [-0.05, 0) is 19.1 Å². The average Bonchev–Trinajstić information content (AvgIpc) is 3.27. The summed E-state index contributed by atoms with van der Waals surface area (Å²) in [5.74, 6) is 2.10. The summed E-state index contributed by atoms with van der Waals surface area (Å²) in [7, 11) is 0. The SMILES string of the molecule is Cc1nc(OCC(=O)N2CCN(c3ncccn3)CC2)cc(-n2cccn2)n1. The Hall–Kier alpha value is -3.56. The molecule has 0 bridgehead atoms. The maximum absolute atomic E-state index is 12.5. The predicted octanol–water partition coefficient (Wildman–Crippen LogP) is 0.488. The molecule has 0 aliphatic carbocycles. The van der Waals surface area contributed by atoms with E-state index in [2.05, 4.69) is 29.9 Å². The first-order valence-corrected chi connectivity index (χ1v) is 8.97. The molecule has 3 aromatic heterocycles. The van der Waals surface area contributed by atoms with Crippen molar-refractivity contribution in [2.45, 2.75) is 6.92 Å². The fourth-order valence-corrected chi connectivity index (χ4v) is 2.96. The van der Waals surface area contributed by atoms with Gasteiger partial charge in [0.05, 0.1) is 0 Å². The first-order chi connectivity index (χ1) is 13.7. The smallest absolute Gasteiger partial charge is 0.260 e. The zero-order valence-electron chi connectivity index (χ0n) is 15.5. The number of amides is 1. The Bertz CT molecular complexity index is 924. The monoisotopic (exact) mass is 380 g/mol. The van der Waals surface area contributed by atoms with Gasteiger partial charge >= 0.3 is 0 Å². The lowest BCUT2D eigenvalue weighted by Crippen LogP contribution is -2.50. The van der Waals surface area contributed by atoms with E-state index in [1.54, 1.807) is 53.4 Å². The highest BCUT2D eigenvalue weighted by molar-refractivity contribution is 5.78. The van der Waals surface area contributed by atoms with Crippen LogP contribution >= 0.6 is 0 Å². The van der Waals surface area contributed by atoms with E-state index in [0.29, 0.717) is 49.6 Å². The lowest BCUT2D eigenvalue weighted by molar-refractivity contribution is -0.133. The van der Waals surface area contributed by atoms with Gasteiger partial charge in [0, 0.05) is 57.0 Å². The van der Waals surface area contributed by atoms with E-state index >= 15 is 0 Å². The largest absolute Gasteiger partial charge is 0.467 e. The van der Waals surface area contributed by atoms with E-state index in [1.165, 1.54) is 0 Å². The number of hydrogen-bond donors (Lipinski definition) is 0. The van der Waals surface area contributed by atoms with Crippen molar-refractivity contribution in [2.75, 3.05) is 37.7 Å². The summed E-state index contributed by atoms with van der Waals surface area (Å²) in [6, 6.07) is 5.26. The molecule has 0 unspecified atom stereocenters. The number of aromatic nitrogens is 6. The fraction of sp³-hybridized carbons (Fsp3) is 0.333. The van der Waals surface area contributed by atoms with Gasteiger partial charge in [0.2, 0.25) is 11.8 Å². The molecule has 0 N–H and O–H groups in total. The second-order valence-corrected chi connectivity index (χ2v) is 6.27. The van der Waals surface area contributed by atoms with Crippen LogP contribution in [0.5, 0.6) is 5.88 Å². The summed E-state index contributed by atoms with van der Waals surface area (Å²) in [6.07, 6.45) is 6.89. The molecule has 10 nitrogen and oxygen atoms in total. The number of hydrogen-bond acceptors (Lipinski definition) is 8. The van der Waals surface area contributed by atoms with Crippen molar-refractivity contribution in [2.24, 2.45) is 0 Å². The number of anilines is 1. The van der Waals surface area contributed by atoms with Crippen molar-refractivity contribution in [3.63, 3.8) is 0 Å². The van der Waals surface area contributed by atoms with E-state index in [1.807, 2.05) is 6.07 Å². The van der Waals surface area contributed by atoms with Crippen LogP contribution in [0, 0.1) is 6.92 Å². The Morgan fingerprint density at radius 1 is 1.07 bits per heavy atom. The van der Waals surface area contributed by atoms with E-state index in [9.17, 15) is 4.79 Å². The van der Waals surface area contributed by atoms with Crippen LogP contribution in [0.4, 0.5) is 5.95 Å². The number of carbonyl (C=O) groups excluding carboxylic acids is 1. The molecule has 0 atom stereocenters. The second-order valence-electron chi connectivity index (χ2n) is 6.27. The highest BCUT2D eigenvalue weighted by atomic mass is 16.5. The molecule has 3 aromatic rings. The molecule has 10 heteroatoms. The minimum atomic E-state index is -0.0782. The van der Waals surface area contributed by atoms with Gasteiger partial charge < -0.3 is 14.5 Å². The average molecular weight is 380 g/mol. The van der Waals surface area contributed by atoms with E-state index in [-0.39, 0.29) is 12.5 Å². The summed E-state index contributed by atoms with van der Waals surface area (Å²) < 4.78 is 7.25. The predicted molar refractivity (Wildman–Crippen MR) is 100 cm³/mol. The van der Waals surface area contributed by atoms with Gasteiger partial charge in [-0.15, -0.1) is 0 Å². The van der Waals surface area contributed by atoms with Crippen molar-refractivity contribution < 1.29 is 9.53 Å².